The summed E-state index contributed by atoms with van der Waals surface area (Å²) in [5.41, 5.74) is 11.2. The number of nitrogens with one attached hydrogen (secondary N) is 2. The molecule has 8 nitrogen and oxygen atoms in total. The summed E-state index contributed by atoms with van der Waals surface area (Å²) in [7, 11) is 1.86. The zero-order valence-electron chi connectivity index (χ0n) is 15.0. The average molecular weight is 359 g/mol. The van der Waals surface area contributed by atoms with E-state index in [1.807, 2.05) is 37.2 Å². The van der Waals surface area contributed by atoms with Gasteiger partial charge >= 0.3 is 5.97 Å². The van der Waals surface area contributed by atoms with Crippen molar-refractivity contribution in [2.75, 3.05) is 26.7 Å². The first-order chi connectivity index (χ1) is 12.4. The van der Waals surface area contributed by atoms with Gasteiger partial charge in [0.05, 0.1) is 11.7 Å². The minimum Gasteiger partial charge on any atom is -0.457 e. The quantitative estimate of drug-likeness (QED) is 0.538. The van der Waals surface area contributed by atoms with E-state index in [4.69, 9.17) is 10.5 Å². The van der Waals surface area contributed by atoms with Crippen LogP contribution in [0.2, 0.25) is 0 Å². The van der Waals surface area contributed by atoms with Crippen LogP contribution in [0.15, 0.2) is 24.0 Å². The molecule has 26 heavy (non-hydrogen) atoms. The van der Waals surface area contributed by atoms with Gasteiger partial charge in [-0.05, 0) is 24.1 Å². The first-order valence-electron chi connectivity index (χ1n) is 8.83. The van der Waals surface area contributed by atoms with Crippen LogP contribution in [-0.4, -0.2) is 60.1 Å². The zero-order chi connectivity index (χ0) is 18.4. The van der Waals surface area contributed by atoms with Crippen LogP contribution in [0.1, 0.15) is 33.1 Å². The Morgan fingerprint density at radius 3 is 2.92 bits per heavy atom. The Morgan fingerprint density at radius 1 is 1.38 bits per heavy atom. The molecule has 0 bridgehead atoms. The van der Waals surface area contributed by atoms with E-state index in [9.17, 15) is 9.90 Å². The number of cyclic esters (lactones) is 1. The summed E-state index contributed by atoms with van der Waals surface area (Å²) in [6.45, 7) is 4.61. The molecule has 1 fully saturated rings. The molecule has 3 aliphatic heterocycles. The number of hydrogen-bond donors (Lipinski definition) is 4. The molecule has 0 radical (unpaired) electrons. The highest BCUT2D eigenvalue weighted by Gasteiger charge is 2.31. The largest absolute Gasteiger partial charge is 0.457 e. The van der Waals surface area contributed by atoms with Gasteiger partial charge in [0.15, 0.2) is 0 Å². The molecule has 0 aromatic heterocycles. The molecule has 5 N–H and O–H groups in total. The Bertz CT molecular complexity index is 765. The highest BCUT2D eigenvalue weighted by atomic mass is 16.5. The minimum atomic E-state index is -0.672. The second-order valence-electron chi connectivity index (χ2n) is 7.19. The Balaban J connectivity index is 1.53. The number of hydrogen-bond acceptors (Lipinski definition) is 8. The molecule has 8 heteroatoms. The van der Waals surface area contributed by atoms with Gasteiger partial charge in [-0.2, -0.15) is 0 Å². The molecule has 0 aliphatic carbocycles. The summed E-state index contributed by atoms with van der Waals surface area (Å²) in [4.78, 5) is 15.8. The zero-order valence-corrected chi connectivity index (χ0v) is 15.0. The molecule has 0 spiro atoms. The van der Waals surface area contributed by atoms with Crippen LogP contribution >= 0.6 is 0 Å². The van der Waals surface area contributed by atoms with Crippen molar-refractivity contribution >= 4 is 5.97 Å². The Labute approximate surface area is 152 Å². The monoisotopic (exact) mass is 359 g/mol. The normalized spacial score (nSPS) is 28.6. The number of rotatable bonds is 3. The minimum absolute atomic E-state index is 0.0740. The molecular formula is C18H25N5O3. The third-order valence-electron chi connectivity index (χ3n) is 5.50. The average Bonchev–Trinajstić information content (AvgIpc) is 3.13. The summed E-state index contributed by atoms with van der Waals surface area (Å²) >= 11 is 0. The maximum atomic E-state index is 11.8. The molecule has 3 heterocycles. The number of nitrogens with two attached hydrogens (primary N) is 1. The number of fused-ring (bicyclic) bond motifs is 1. The number of aliphatic hydroxyl groups is 1. The Hall–Kier alpha value is -2.13. The smallest absolute Gasteiger partial charge is 0.338 e. The lowest BCUT2D eigenvalue weighted by molar-refractivity contribution is 0.0389. The van der Waals surface area contributed by atoms with Gasteiger partial charge in [0.1, 0.15) is 6.61 Å². The van der Waals surface area contributed by atoms with Crippen molar-refractivity contribution in [3.8, 4) is 0 Å². The lowest BCUT2D eigenvalue weighted by Gasteiger charge is -2.39. The standard InChI is InChI=1S/C18H25N5O3/c1-10-12(3-4-13-14(10)9-26-17(13)24)15-7-23(8-16(19)21-15)6-11-5-20-18(25)22(11)2/h3-5,15-16,18,20-21,25H,6-9,19H2,1-2H3/t15-,16+,18?/m0/s1. The van der Waals surface area contributed by atoms with Crippen molar-refractivity contribution in [2.45, 2.75) is 32.1 Å². The van der Waals surface area contributed by atoms with Gasteiger partial charge in [-0.1, -0.05) is 6.07 Å². The molecule has 4 rings (SSSR count). The summed E-state index contributed by atoms with van der Waals surface area (Å²) in [6.07, 6.45) is 1.02. The van der Waals surface area contributed by atoms with Crippen molar-refractivity contribution in [1.82, 2.24) is 20.4 Å². The van der Waals surface area contributed by atoms with E-state index >= 15 is 0 Å². The van der Waals surface area contributed by atoms with Gasteiger partial charge < -0.3 is 25.8 Å². The lowest BCUT2D eigenvalue weighted by Crippen LogP contribution is -2.57. The number of piperazine rings is 1. The number of nitrogens with zero attached hydrogens (tertiary/aromatic N) is 2. The number of benzene rings is 1. The van der Waals surface area contributed by atoms with Crippen LogP contribution in [0.25, 0.3) is 0 Å². The van der Waals surface area contributed by atoms with Gasteiger partial charge in [-0.25, -0.2) is 4.79 Å². The van der Waals surface area contributed by atoms with E-state index in [1.165, 1.54) is 0 Å². The molecular weight excluding hydrogens is 334 g/mol. The first kappa shape index (κ1) is 17.3. The first-order valence-corrected chi connectivity index (χ1v) is 8.83. The highest BCUT2D eigenvalue weighted by molar-refractivity contribution is 5.93. The Kier molecular flexibility index (Phi) is 4.36. The number of likely N-dealkylation sites (N-methyl/N-ethyl adjacent to an activating group) is 1. The van der Waals surface area contributed by atoms with Crippen LogP contribution in [0.4, 0.5) is 0 Å². The van der Waals surface area contributed by atoms with E-state index in [2.05, 4.69) is 15.5 Å². The fourth-order valence-corrected chi connectivity index (χ4v) is 3.96. The van der Waals surface area contributed by atoms with Gasteiger partial charge in [-0.3, -0.25) is 10.2 Å². The molecule has 140 valence electrons. The maximum absolute atomic E-state index is 11.8. The van der Waals surface area contributed by atoms with Crippen LogP contribution in [-0.2, 0) is 11.3 Å². The van der Waals surface area contributed by atoms with Crippen LogP contribution in [0.3, 0.4) is 0 Å². The van der Waals surface area contributed by atoms with Crippen molar-refractivity contribution in [3.05, 3.63) is 46.3 Å². The summed E-state index contributed by atoms with van der Waals surface area (Å²) in [6, 6.07) is 3.93. The predicted octanol–water partition coefficient (Wildman–Crippen LogP) is -0.451. The highest BCUT2D eigenvalue weighted by Crippen LogP contribution is 2.30. The second kappa shape index (κ2) is 6.55. The molecule has 0 amide bonds. The van der Waals surface area contributed by atoms with Crippen molar-refractivity contribution in [1.29, 1.82) is 0 Å². The Morgan fingerprint density at radius 2 is 2.19 bits per heavy atom. The molecule has 1 aromatic rings. The molecule has 0 saturated carbocycles. The van der Waals surface area contributed by atoms with Crippen LogP contribution < -0.4 is 16.4 Å². The number of carbonyl (C=O) groups excluding carboxylic acids is 1. The summed E-state index contributed by atoms with van der Waals surface area (Å²) < 4.78 is 5.16. The lowest BCUT2D eigenvalue weighted by atomic mass is 9.93. The number of ether oxygens (including phenoxy) is 1. The molecule has 1 unspecified atom stereocenters. The number of esters is 1. The van der Waals surface area contributed by atoms with E-state index in [1.54, 1.807) is 0 Å². The fourth-order valence-electron chi connectivity index (χ4n) is 3.96. The second-order valence-corrected chi connectivity index (χ2v) is 7.19. The van der Waals surface area contributed by atoms with Gasteiger partial charge in [0, 0.05) is 50.2 Å². The van der Waals surface area contributed by atoms with E-state index in [0.29, 0.717) is 18.7 Å². The van der Waals surface area contributed by atoms with Crippen molar-refractivity contribution in [2.24, 2.45) is 5.73 Å². The number of carbonyl (C=O) groups is 1. The summed E-state index contributed by atoms with van der Waals surface area (Å²) in [5.74, 6) is -0.244. The maximum Gasteiger partial charge on any atom is 0.338 e. The molecule has 3 atom stereocenters. The van der Waals surface area contributed by atoms with E-state index in [0.717, 1.165) is 35.5 Å². The third-order valence-corrected chi connectivity index (χ3v) is 5.50. The van der Waals surface area contributed by atoms with E-state index in [-0.39, 0.29) is 18.2 Å². The van der Waals surface area contributed by atoms with E-state index < -0.39 is 6.35 Å². The molecule has 1 aromatic carbocycles. The van der Waals surface area contributed by atoms with Gasteiger partial charge in [0.2, 0.25) is 6.35 Å². The van der Waals surface area contributed by atoms with Gasteiger partial charge in [0.25, 0.3) is 0 Å². The fraction of sp³-hybridized carbons (Fsp3) is 0.500. The van der Waals surface area contributed by atoms with Crippen molar-refractivity contribution in [3.63, 3.8) is 0 Å². The predicted molar refractivity (Wildman–Crippen MR) is 95.6 cm³/mol. The van der Waals surface area contributed by atoms with Crippen LogP contribution in [0.5, 0.6) is 0 Å². The third kappa shape index (κ3) is 2.95. The van der Waals surface area contributed by atoms with Crippen LogP contribution in [0, 0.1) is 6.92 Å². The van der Waals surface area contributed by atoms with Crippen molar-refractivity contribution < 1.29 is 14.6 Å². The molecule has 3 aliphatic rings. The number of aliphatic hydroxyl groups excluding tert-OH is 1. The topological polar surface area (TPSA) is 103 Å². The molecule has 1 saturated heterocycles. The summed E-state index contributed by atoms with van der Waals surface area (Å²) in [5, 5.41) is 16.2. The van der Waals surface area contributed by atoms with Gasteiger partial charge in [-0.15, -0.1) is 0 Å². The SMILES string of the molecule is Cc1c([C@@H]2CN(CC3=CNC(O)N3C)C[C@H](N)N2)ccc2c1COC2=O.